The van der Waals surface area contributed by atoms with Crippen molar-refractivity contribution >= 4 is 57.6 Å². The average Bonchev–Trinajstić information content (AvgIpc) is 3.34. The van der Waals surface area contributed by atoms with Gasteiger partial charge in [0.2, 0.25) is 0 Å². The number of nitrogens with zero attached hydrogens (tertiary/aromatic N) is 2. The predicted octanol–water partition coefficient (Wildman–Crippen LogP) is 5.58. The molecule has 10 heteroatoms. The first-order valence-electron chi connectivity index (χ1n) is 9.63. The number of thiocarbonyl (C=S) groups is 1. The van der Waals surface area contributed by atoms with Crippen molar-refractivity contribution in [2.75, 3.05) is 4.90 Å². The van der Waals surface area contributed by atoms with Gasteiger partial charge in [-0.25, -0.2) is 4.79 Å². The van der Waals surface area contributed by atoms with E-state index in [0.717, 1.165) is 22.9 Å². The van der Waals surface area contributed by atoms with Crippen molar-refractivity contribution in [3.63, 3.8) is 0 Å². The number of rotatable bonds is 5. The van der Waals surface area contributed by atoms with E-state index in [4.69, 9.17) is 16.6 Å². The summed E-state index contributed by atoms with van der Waals surface area (Å²) < 4.78 is 6.06. The van der Waals surface area contributed by atoms with Crippen molar-refractivity contribution in [3.05, 3.63) is 86.0 Å². The summed E-state index contributed by atoms with van der Waals surface area (Å²) in [6.45, 7) is 3.66. The standard InChI is InChI=1S/C23H16N2O6S2/c1-12-8-17(18(25(29)30)9-13(12)2)19-7-6-16(31-19)11-20-21(26)24(23(32)33-20)15-5-3-4-14(10-15)22(27)28/h3-11H,1-2H3,(H,27,28)/b20-11-. The first kappa shape index (κ1) is 22.4. The van der Waals surface area contributed by atoms with E-state index in [1.807, 2.05) is 6.92 Å². The largest absolute Gasteiger partial charge is 0.478 e. The number of nitro groups is 1. The van der Waals surface area contributed by atoms with Gasteiger partial charge in [-0.05, 0) is 61.4 Å². The summed E-state index contributed by atoms with van der Waals surface area (Å²) in [5.41, 5.74) is 2.36. The van der Waals surface area contributed by atoms with Crippen LogP contribution >= 0.6 is 24.0 Å². The van der Waals surface area contributed by atoms with Crippen LogP contribution in [0.2, 0.25) is 0 Å². The van der Waals surface area contributed by atoms with E-state index in [9.17, 15) is 24.8 Å². The molecule has 2 aromatic carbocycles. The fourth-order valence-electron chi connectivity index (χ4n) is 3.32. The van der Waals surface area contributed by atoms with Gasteiger partial charge in [-0.2, -0.15) is 0 Å². The van der Waals surface area contributed by atoms with Crippen molar-refractivity contribution in [3.8, 4) is 11.3 Å². The smallest absolute Gasteiger partial charge is 0.335 e. The lowest BCUT2D eigenvalue weighted by atomic mass is 10.0. The van der Waals surface area contributed by atoms with Crippen LogP contribution in [0.4, 0.5) is 11.4 Å². The molecule has 2 heterocycles. The minimum Gasteiger partial charge on any atom is -0.478 e. The number of benzene rings is 2. The molecule has 0 spiro atoms. The van der Waals surface area contributed by atoms with Gasteiger partial charge in [0.1, 0.15) is 11.5 Å². The van der Waals surface area contributed by atoms with Gasteiger partial charge in [0.05, 0.1) is 26.6 Å². The molecule has 0 unspecified atom stereocenters. The number of hydrogen-bond acceptors (Lipinski definition) is 7. The average molecular weight is 481 g/mol. The number of hydrogen-bond donors (Lipinski definition) is 1. The lowest BCUT2D eigenvalue weighted by Gasteiger charge is -2.14. The number of aromatic carboxylic acids is 1. The Morgan fingerprint density at radius 1 is 1.18 bits per heavy atom. The Bertz CT molecular complexity index is 1380. The van der Waals surface area contributed by atoms with Crippen molar-refractivity contribution in [2.24, 2.45) is 0 Å². The zero-order valence-electron chi connectivity index (χ0n) is 17.4. The van der Waals surface area contributed by atoms with E-state index >= 15 is 0 Å². The second kappa shape index (κ2) is 8.64. The van der Waals surface area contributed by atoms with Gasteiger partial charge < -0.3 is 9.52 Å². The Labute approximate surface area is 197 Å². The molecule has 166 valence electrons. The third-order valence-corrected chi connectivity index (χ3v) is 6.42. The summed E-state index contributed by atoms with van der Waals surface area (Å²) in [4.78, 5) is 36.8. The van der Waals surface area contributed by atoms with Gasteiger partial charge in [0.25, 0.3) is 11.6 Å². The Hall–Kier alpha value is -3.76. The topological polar surface area (TPSA) is 114 Å². The van der Waals surface area contributed by atoms with Crippen molar-refractivity contribution in [1.82, 2.24) is 0 Å². The number of aryl methyl sites for hydroxylation is 2. The SMILES string of the molecule is Cc1cc(-c2ccc(/C=C3\SC(=S)N(c4cccc(C(=O)O)c4)C3=O)o2)c([N+](=O)[O-])cc1C. The fraction of sp³-hybridized carbons (Fsp3) is 0.0870. The zero-order chi connectivity index (χ0) is 23.9. The van der Waals surface area contributed by atoms with Crippen LogP contribution in [-0.2, 0) is 4.79 Å². The molecule has 8 nitrogen and oxygen atoms in total. The molecule has 1 N–H and O–H groups in total. The van der Waals surface area contributed by atoms with Gasteiger partial charge in [-0.3, -0.25) is 19.8 Å². The molecule has 0 aliphatic carbocycles. The van der Waals surface area contributed by atoms with Crippen LogP contribution in [0.1, 0.15) is 27.2 Å². The van der Waals surface area contributed by atoms with Crippen LogP contribution in [0.25, 0.3) is 17.4 Å². The second-order valence-corrected chi connectivity index (χ2v) is 8.96. The third kappa shape index (κ3) is 4.30. The van der Waals surface area contributed by atoms with Crippen LogP contribution in [0.5, 0.6) is 0 Å². The Morgan fingerprint density at radius 2 is 1.91 bits per heavy atom. The third-order valence-electron chi connectivity index (χ3n) is 5.12. The van der Waals surface area contributed by atoms with Gasteiger partial charge in [0.15, 0.2) is 4.32 Å². The predicted molar refractivity (Wildman–Crippen MR) is 129 cm³/mol. The number of carboxylic acid groups (broad SMARTS) is 1. The van der Waals surface area contributed by atoms with E-state index in [-0.39, 0.29) is 20.5 Å². The quantitative estimate of drug-likeness (QED) is 0.218. The second-order valence-electron chi connectivity index (χ2n) is 7.29. The van der Waals surface area contributed by atoms with E-state index in [0.29, 0.717) is 22.8 Å². The molecule has 1 amide bonds. The molecule has 4 rings (SSSR count). The highest BCUT2D eigenvalue weighted by atomic mass is 32.2. The summed E-state index contributed by atoms with van der Waals surface area (Å²) in [7, 11) is 0. The van der Waals surface area contributed by atoms with E-state index in [1.165, 1.54) is 35.2 Å². The van der Waals surface area contributed by atoms with Crippen molar-refractivity contribution in [1.29, 1.82) is 0 Å². The fourth-order valence-corrected chi connectivity index (χ4v) is 4.60. The van der Waals surface area contributed by atoms with Crippen LogP contribution in [0.3, 0.4) is 0 Å². The molecule has 33 heavy (non-hydrogen) atoms. The Balaban J connectivity index is 1.66. The molecule has 0 radical (unpaired) electrons. The summed E-state index contributed by atoms with van der Waals surface area (Å²) in [5.74, 6) is -0.887. The normalized spacial score (nSPS) is 14.8. The first-order valence-corrected chi connectivity index (χ1v) is 10.9. The van der Waals surface area contributed by atoms with Gasteiger partial charge in [0, 0.05) is 12.1 Å². The molecule has 1 saturated heterocycles. The Kier molecular flexibility index (Phi) is 5.88. The summed E-state index contributed by atoms with van der Waals surface area (Å²) in [6, 6.07) is 12.4. The Morgan fingerprint density at radius 3 is 2.61 bits per heavy atom. The molecule has 3 aromatic rings. The minimum absolute atomic E-state index is 0.0381. The highest BCUT2D eigenvalue weighted by Gasteiger charge is 2.34. The summed E-state index contributed by atoms with van der Waals surface area (Å²) >= 11 is 6.39. The maximum absolute atomic E-state index is 13.0. The van der Waals surface area contributed by atoms with Crippen LogP contribution in [-0.4, -0.2) is 26.2 Å². The molecule has 1 aliphatic heterocycles. The van der Waals surface area contributed by atoms with E-state index in [2.05, 4.69) is 0 Å². The van der Waals surface area contributed by atoms with E-state index in [1.54, 1.807) is 31.2 Å². The molecule has 0 bridgehead atoms. The van der Waals surface area contributed by atoms with Gasteiger partial charge in [-0.1, -0.05) is 30.0 Å². The lowest BCUT2D eigenvalue weighted by molar-refractivity contribution is -0.384. The van der Waals surface area contributed by atoms with E-state index < -0.39 is 16.8 Å². The number of nitro benzene ring substituents is 1. The van der Waals surface area contributed by atoms with Crippen molar-refractivity contribution in [2.45, 2.75) is 13.8 Å². The highest BCUT2D eigenvalue weighted by Crippen LogP contribution is 2.38. The van der Waals surface area contributed by atoms with Crippen LogP contribution in [0, 0.1) is 24.0 Å². The van der Waals surface area contributed by atoms with Gasteiger partial charge in [-0.15, -0.1) is 0 Å². The number of thioether (sulfide) groups is 1. The molecule has 1 fully saturated rings. The molecular formula is C23H16N2O6S2. The number of carboxylic acids is 1. The molecule has 1 aromatic heterocycles. The highest BCUT2D eigenvalue weighted by molar-refractivity contribution is 8.27. The molecule has 0 saturated carbocycles. The maximum atomic E-state index is 13.0. The molecule has 0 atom stereocenters. The number of furan rings is 1. The van der Waals surface area contributed by atoms with Crippen molar-refractivity contribution < 1.29 is 24.0 Å². The van der Waals surface area contributed by atoms with Crippen LogP contribution < -0.4 is 4.90 Å². The lowest BCUT2D eigenvalue weighted by Crippen LogP contribution is -2.27. The maximum Gasteiger partial charge on any atom is 0.335 e. The number of carbonyl (C=O) groups is 2. The molecular weight excluding hydrogens is 464 g/mol. The summed E-state index contributed by atoms with van der Waals surface area (Å²) in [5, 5.41) is 20.7. The summed E-state index contributed by atoms with van der Waals surface area (Å²) in [6.07, 6.45) is 1.51. The minimum atomic E-state index is -1.11. The monoisotopic (exact) mass is 480 g/mol. The number of amides is 1. The first-order chi connectivity index (χ1) is 15.7. The zero-order valence-corrected chi connectivity index (χ0v) is 19.0. The van der Waals surface area contributed by atoms with Crippen LogP contribution in [0.15, 0.2) is 57.9 Å². The van der Waals surface area contributed by atoms with Gasteiger partial charge >= 0.3 is 5.97 Å². The number of anilines is 1. The number of carbonyl (C=O) groups excluding carboxylic acids is 1. The molecule has 1 aliphatic rings.